The highest BCUT2D eigenvalue weighted by Gasteiger charge is 2.11. The minimum atomic E-state index is -0.215. The number of fused-ring (bicyclic) bond motifs is 1. The second-order valence-electron chi connectivity index (χ2n) is 5.43. The number of pyridine rings is 1. The van der Waals surface area contributed by atoms with Crippen LogP contribution in [0.2, 0.25) is 0 Å². The van der Waals surface area contributed by atoms with E-state index in [4.69, 9.17) is 0 Å². The number of nitrogens with zero attached hydrogens (tertiary/aromatic N) is 2. The smallest absolute Gasteiger partial charge is 0.275 e. The molecule has 2 N–H and O–H groups in total. The molecule has 3 rings (SSSR count). The first-order chi connectivity index (χ1) is 10.6. The maximum atomic E-state index is 12.2. The van der Waals surface area contributed by atoms with Crippen LogP contribution in [0.25, 0.3) is 5.65 Å². The summed E-state index contributed by atoms with van der Waals surface area (Å²) in [6, 6.07) is 13.6. The number of carbonyl (C=O) groups is 1. The molecule has 0 unspecified atom stereocenters. The second-order valence-corrected chi connectivity index (χ2v) is 5.43. The molecule has 0 radical (unpaired) electrons. The van der Waals surface area contributed by atoms with Gasteiger partial charge in [-0.1, -0.05) is 18.2 Å². The quantitative estimate of drug-likeness (QED) is 0.775. The van der Waals surface area contributed by atoms with Crippen molar-refractivity contribution in [1.82, 2.24) is 9.38 Å². The molecule has 3 aromatic rings. The Labute approximate surface area is 129 Å². The largest absolute Gasteiger partial charge is 0.382 e. The molecule has 0 saturated heterocycles. The van der Waals surface area contributed by atoms with E-state index in [2.05, 4.69) is 29.5 Å². The number of rotatable bonds is 4. The van der Waals surface area contributed by atoms with Gasteiger partial charge in [0.15, 0.2) is 0 Å². The molecule has 5 nitrogen and oxygen atoms in total. The van der Waals surface area contributed by atoms with E-state index in [1.54, 1.807) is 6.20 Å². The van der Waals surface area contributed by atoms with Crippen LogP contribution < -0.4 is 10.6 Å². The third-order valence-corrected chi connectivity index (χ3v) is 3.17. The van der Waals surface area contributed by atoms with Crippen molar-refractivity contribution >= 4 is 22.9 Å². The molecule has 2 aromatic heterocycles. The van der Waals surface area contributed by atoms with Crippen LogP contribution in [0.1, 0.15) is 24.3 Å². The number of amides is 1. The summed E-state index contributed by atoms with van der Waals surface area (Å²) in [7, 11) is 0. The number of imidazole rings is 1. The van der Waals surface area contributed by atoms with Crippen LogP contribution >= 0.6 is 0 Å². The third kappa shape index (κ3) is 3.09. The van der Waals surface area contributed by atoms with Crippen LogP contribution in [0.5, 0.6) is 0 Å². The van der Waals surface area contributed by atoms with E-state index in [1.807, 2.05) is 53.1 Å². The average molecular weight is 294 g/mol. The Morgan fingerprint density at radius 3 is 2.55 bits per heavy atom. The van der Waals surface area contributed by atoms with E-state index in [0.717, 1.165) is 17.0 Å². The first-order valence-corrected chi connectivity index (χ1v) is 7.23. The lowest BCUT2D eigenvalue weighted by atomic mass is 10.3. The van der Waals surface area contributed by atoms with Crippen molar-refractivity contribution in [3.05, 3.63) is 60.6 Å². The van der Waals surface area contributed by atoms with Crippen molar-refractivity contribution in [1.29, 1.82) is 0 Å². The van der Waals surface area contributed by atoms with Gasteiger partial charge in [-0.2, -0.15) is 0 Å². The Kier molecular flexibility index (Phi) is 3.78. The highest BCUT2D eigenvalue weighted by Crippen LogP contribution is 2.14. The van der Waals surface area contributed by atoms with Gasteiger partial charge in [0.25, 0.3) is 5.91 Å². The topological polar surface area (TPSA) is 58.4 Å². The average Bonchev–Trinajstić information content (AvgIpc) is 2.91. The first-order valence-electron chi connectivity index (χ1n) is 7.23. The number of hydrogen-bond donors (Lipinski definition) is 2. The predicted molar refractivity (Wildman–Crippen MR) is 88.3 cm³/mol. The van der Waals surface area contributed by atoms with Crippen LogP contribution in [0.4, 0.5) is 11.4 Å². The van der Waals surface area contributed by atoms with Crippen LogP contribution in [0, 0.1) is 0 Å². The first kappa shape index (κ1) is 14.1. The van der Waals surface area contributed by atoms with Gasteiger partial charge in [-0.05, 0) is 38.1 Å². The Hall–Kier alpha value is -2.82. The summed E-state index contributed by atoms with van der Waals surface area (Å²) < 4.78 is 1.85. The van der Waals surface area contributed by atoms with Crippen molar-refractivity contribution in [2.24, 2.45) is 0 Å². The number of nitrogens with one attached hydrogen (secondary N) is 2. The van der Waals surface area contributed by atoms with Crippen LogP contribution in [0.3, 0.4) is 0 Å². The van der Waals surface area contributed by atoms with Crippen molar-refractivity contribution in [3.8, 4) is 0 Å². The van der Waals surface area contributed by atoms with Gasteiger partial charge in [0, 0.05) is 24.1 Å². The molecule has 0 spiro atoms. The van der Waals surface area contributed by atoms with Crippen molar-refractivity contribution < 1.29 is 4.79 Å². The maximum absolute atomic E-state index is 12.2. The van der Waals surface area contributed by atoms with Crippen LogP contribution in [-0.2, 0) is 0 Å². The van der Waals surface area contributed by atoms with Crippen LogP contribution in [-0.4, -0.2) is 21.3 Å². The number of benzene rings is 1. The van der Waals surface area contributed by atoms with Gasteiger partial charge >= 0.3 is 0 Å². The lowest BCUT2D eigenvalue weighted by Gasteiger charge is -2.09. The monoisotopic (exact) mass is 294 g/mol. The third-order valence-electron chi connectivity index (χ3n) is 3.17. The molecule has 5 heteroatoms. The number of anilines is 2. The molecule has 1 amide bonds. The Balaban J connectivity index is 1.83. The molecule has 112 valence electrons. The molecule has 22 heavy (non-hydrogen) atoms. The molecular weight excluding hydrogens is 276 g/mol. The summed E-state index contributed by atoms with van der Waals surface area (Å²) in [5, 5.41) is 6.16. The summed E-state index contributed by atoms with van der Waals surface area (Å²) in [6.07, 6.45) is 3.67. The van der Waals surface area contributed by atoms with E-state index >= 15 is 0 Å². The molecule has 0 aliphatic carbocycles. The van der Waals surface area contributed by atoms with E-state index in [-0.39, 0.29) is 5.91 Å². The molecule has 0 fully saturated rings. The van der Waals surface area contributed by atoms with Crippen molar-refractivity contribution in [2.45, 2.75) is 19.9 Å². The summed E-state index contributed by atoms with van der Waals surface area (Å²) in [6.45, 7) is 4.16. The lowest BCUT2D eigenvalue weighted by molar-refractivity contribution is 0.102. The van der Waals surface area contributed by atoms with Crippen molar-refractivity contribution in [2.75, 3.05) is 10.6 Å². The standard InChI is InChI=1S/C17H18N4O/c1-12(2)18-14-8-9-16-20-15(11-21(16)10-14)17(22)19-13-6-4-3-5-7-13/h3-12,18H,1-2H3,(H,19,22). The van der Waals surface area contributed by atoms with E-state index in [0.29, 0.717) is 11.7 Å². The molecule has 0 atom stereocenters. The zero-order valence-corrected chi connectivity index (χ0v) is 12.6. The van der Waals surface area contributed by atoms with Crippen LogP contribution in [0.15, 0.2) is 54.9 Å². The SMILES string of the molecule is CC(C)Nc1ccc2nc(C(=O)Nc3ccccc3)cn2c1. The number of para-hydroxylation sites is 1. The summed E-state index contributed by atoms with van der Waals surface area (Å²) in [4.78, 5) is 16.6. The fourth-order valence-electron chi connectivity index (χ4n) is 2.24. The minimum Gasteiger partial charge on any atom is -0.382 e. The van der Waals surface area contributed by atoms with E-state index < -0.39 is 0 Å². The molecular formula is C17H18N4O. The summed E-state index contributed by atoms with van der Waals surface area (Å²) >= 11 is 0. The number of aromatic nitrogens is 2. The van der Waals surface area contributed by atoms with Gasteiger partial charge in [-0.3, -0.25) is 4.79 Å². The van der Waals surface area contributed by atoms with Crippen molar-refractivity contribution in [3.63, 3.8) is 0 Å². The van der Waals surface area contributed by atoms with Gasteiger partial charge in [0.05, 0.1) is 5.69 Å². The van der Waals surface area contributed by atoms with Gasteiger partial charge in [-0.25, -0.2) is 4.98 Å². The molecule has 0 saturated carbocycles. The fourth-order valence-corrected chi connectivity index (χ4v) is 2.24. The highest BCUT2D eigenvalue weighted by atomic mass is 16.1. The Morgan fingerprint density at radius 1 is 1.05 bits per heavy atom. The van der Waals surface area contributed by atoms with E-state index in [9.17, 15) is 4.79 Å². The molecule has 0 bridgehead atoms. The fraction of sp³-hybridized carbons (Fsp3) is 0.176. The van der Waals surface area contributed by atoms with Gasteiger partial charge in [0.2, 0.25) is 0 Å². The zero-order chi connectivity index (χ0) is 15.5. The predicted octanol–water partition coefficient (Wildman–Crippen LogP) is 3.41. The Bertz CT molecular complexity index is 793. The molecule has 0 aliphatic rings. The minimum absolute atomic E-state index is 0.215. The van der Waals surface area contributed by atoms with Gasteiger partial charge < -0.3 is 15.0 Å². The summed E-state index contributed by atoms with van der Waals surface area (Å²) in [5.74, 6) is -0.215. The van der Waals surface area contributed by atoms with Gasteiger partial charge in [-0.15, -0.1) is 0 Å². The maximum Gasteiger partial charge on any atom is 0.275 e. The van der Waals surface area contributed by atoms with E-state index in [1.165, 1.54) is 0 Å². The Morgan fingerprint density at radius 2 is 1.82 bits per heavy atom. The second kappa shape index (κ2) is 5.89. The highest BCUT2D eigenvalue weighted by molar-refractivity contribution is 6.03. The molecule has 1 aromatic carbocycles. The van der Waals surface area contributed by atoms with Gasteiger partial charge in [0.1, 0.15) is 11.3 Å². The normalized spacial score (nSPS) is 10.9. The zero-order valence-electron chi connectivity index (χ0n) is 12.6. The summed E-state index contributed by atoms with van der Waals surface area (Å²) in [5.41, 5.74) is 2.89. The number of carbonyl (C=O) groups excluding carboxylic acids is 1. The molecule has 0 aliphatic heterocycles. The molecule has 2 heterocycles. The number of hydrogen-bond acceptors (Lipinski definition) is 3. The lowest BCUT2D eigenvalue weighted by Crippen LogP contribution is -2.12.